The molecule has 0 aromatic heterocycles. The second kappa shape index (κ2) is 6.65. The molecule has 2 rings (SSSR count). The summed E-state index contributed by atoms with van der Waals surface area (Å²) in [5.74, 6) is 1.78. The van der Waals surface area contributed by atoms with Gasteiger partial charge < -0.3 is 5.32 Å². The molecule has 0 amide bonds. The lowest BCUT2D eigenvalue weighted by atomic mass is 10.1. The van der Waals surface area contributed by atoms with Crippen LogP contribution in [0.25, 0.3) is 0 Å². The lowest BCUT2D eigenvalue weighted by Gasteiger charge is -2.09. The molecule has 0 bridgehead atoms. The lowest BCUT2D eigenvalue weighted by molar-refractivity contribution is 0.663. The van der Waals surface area contributed by atoms with Gasteiger partial charge in [-0.05, 0) is 30.4 Å². The van der Waals surface area contributed by atoms with Crippen LogP contribution in [-0.2, 0) is 6.42 Å². The number of nitrogens with one attached hydrogen (secondary N) is 1. The molecule has 0 saturated carbocycles. The van der Waals surface area contributed by atoms with Crippen molar-refractivity contribution in [2.45, 2.75) is 33.1 Å². The van der Waals surface area contributed by atoms with E-state index >= 15 is 0 Å². The highest BCUT2D eigenvalue weighted by atomic mass is 35.5. The van der Waals surface area contributed by atoms with E-state index in [2.05, 4.69) is 48.4 Å². The molecule has 0 atom stereocenters. The van der Waals surface area contributed by atoms with Crippen LogP contribution in [0.5, 0.6) is 0 Å². The van der Waals surface area contributed by atoms with Gasteiger partial charge in [-0.25, -0.2) is 0 Å². The number of para-hydroxylation sites is 1. The fraction of sp³-hybridized carbons (Fsp3) is 0.500. The van der Waals surface area contributed by atoms with E-state index in [1.165, 1.54) is 17.7 Å². The van der Waals surface area contributed by atoms with Gasteiger partial charge in [0.1, 0.15) is 5.84 Å². The van der Waals surface area contributed by atoms with Gasteiger partial charge >= 0.3 is 0 Å². The van der Waals surface area contributed by atoms with E-state index in [-0.39, 0.29) is 12.4 Å². The van der Waals surface area contributed by atoms with Crippen LogP contribution in [0.2, 0.25) is 0 Å². The Bertz CT molecular complexity index is 386. The van der Waals surface area contributed by atoms with Crippen molar-refractivity contribution >= 4 is 23.9 Å². The van der Waals surface area contributed by atoms with Gasteiger partial charge in [0.2, 0.25) is 0 Å². The van der Waals surface area contributed by atoms with Gasteiger partial charge in [-0.15, -0.1) is 12.4 Å². The van der Waals surface area contributed by atoms with E-state index in [9.17, 15) is 0 Å². The van der Waals surface area contributed by atoms with Crippen molar-refractivity contribution in [3.8, 4) is 0 Å². The number of hydrogen-bond acceptors (Lipinski definition) is 1. The second-order valence-corrected chi connectivity index (χ2v) is 4.82. The van der Waals surface area contributed by atoms with Crippen molar-refractivity contribution < 1.29 is 0 Å². The second-order valence-electron chi connectivity index (χ2n) is 4.82. The smallest absolute Gasteiger partial charge is 0.101 e. The summed E-state index contributed by atoms with van der Waals surface area (Å²) in [5, 5.41) is 3.46. The Hall–Kier alpha value is -1.02. The highest BCUT2D eigenvalue weighted by molar-refractivity contribution is 5.96. The van der Waals surface area contributed by atoms with Crippen LogP contribution in [0.4, 0.5) is 5.69 Å². The van der Waals surface area contributed by atoms with Crippen molar-refractivity contribution in [1.82, 2.24) is 0 Å². The third-order valence-corrected chi connectivity index (χ3v) is 2.80. The molecule has 0 fully saturated rings. The molecule has 1 aliphatic heterocycles. The molecular formula is C14H21ClN2. The molecule has 1 aromatic rings. The first-order chi connectivity index (χ1) is 7.75. The molecule has 17 heavy (non-hydrogen) atoms. The van der Waals surface area contributed by atoms with Crippen LogP contribution in [0.1, 0.15) is 32.3 Å². The van der Waals surface area contributed by atoms with Crippen LogP contribution in [0.15, 0.2) is 29.3 Å². The maximum absolute atomic E-state index is 4.65. The summed E-state index contributed by atoms with van der Waals surface area (Å²) in [6.07, 6.45) is 3.42. The Balaban J connectivity index is 0.00000144. The van der Waals surface area contributed by atoms with Crippen LogP contribution in [0, 0.1) is 5.92 Å². The van der Waals surface area contributed by atoms with Gasteiger partial charge in [0, 0.05) is 18.7 Å². The predicted octanol–water partition coefficient (Wildman–Crippen LogP) is 3.91. The number of rotatable bonds is 2. The number of aliphatic imine (C=N–C) groups is 1. The van der Waals surface area contributed by atoms with Crippen LogP contribution in [-0.4, -0.2) is 12.4 Å². The summed E-state index contributed by atoms with van der Waals surface area (Å²) in [7, 11) is 0. The molecule has 0 spiro atoms. The Labute approximate surface area is 110 Å². The minimum atomic E-state index is 0. The summed E-state index contributed by atoms with van der Waals surface area (Å²) < 4.78 is 0. The molecule has 0 aliphatic carbocycles. The summed E-state index contributed by atoms with van der Waals surface area (Å²) in [6.45, 7) is 5.33. The van der Waals surface area contributed by atoms with Crippen LogP contribution < -0.4 is 5.32 Å². The number of aryl methyl sites for hydroxylation is 1. The van der Waals surface area contributed by atoms with Gasteiger partial charge in [-0.2, -0.15) is 0 Å². The summed E-state index contributed by atoms with van der Waals surface area (Å²) in [6, 6.07) is 8.53. The predicted molar refractivity (Wildman–Crippen MR) is 77.4 cm³/mol. The van der Waals surface area contributed by atoms with Gasteiger partial charge in [0.25, 0.3) is 0 Å². The fourth-order valence-corrected chi connectivity index (χ4v) is 1.94. The number of benzene rings is 1. The Kier molecular flexibility index (Phi) is 5.49. The van der Waals surface area contributed by atoms with E-state index in [4.69, 9.17) is 0 Å². The van der Waals surface area contributed by atoms with Crippen LogP contribution in [0.3, 0.4) is 0 Å². The number of nitrogens with zero attached hydrogens (tertiary/aromatic N) is 1. The third kappa shape index (κ3) is 4.04. The monoisotopic (exact) mass is 252 g/mol. The number of fused-ring (bicyclic) bond motifs is 1. The SMILES string of the molecule is CC(C)CN=C1CCCc2ccccc2N1.Cl. The summed E-state index contributed by atoms with van der Waals surface area (Å²) >= 11 is 0. The van der Waals surface area contributed by atoms with Crippen molar-refractivity contribution in [3.05, 3.63) is 29.8 Å². The fourth-order valence-electron chi connectivity index (χ4n) is 1.94. The molecule has 2 nitrogen and oxygen atoms in total. The zero-order valence-corrected chi connectivity index (χ0v) is 11.4. The average Bonchev–Trinajstić information content (AvgIpc) is 2.47. The maximum Gasteiger partial charge on any atom is 0.101 e. The molecule has 0 radical (unpaired) electrons. The molecule has 1 aliphatic rings. The number of hydrogen-bond donors (Lipinski definition) is 1. The molecule has 1 N–H and O–H groups in total. The molecule has 1 heterocycles. The highest BCUT2D eigenvalue weighted by Crippen LogP contribution is 2.21. The van der Waals surface area contributed by atoms with Crippen LogP contribution >= 0.6 is 12.4 Å². The largest absolute Gasteiger partial charge is 0.344 e. The molecule has 3 heteroatoms. The first kappa shape index (κ1) is 14.0. The molecule has 1 aromatic carbocycles. The lowest BCUT2D eigenvalue weighted by Crippen LogP contribution is -2.12. The van der Waals surface area contributed by atoms with E-state index in [1.807, 2.05) is 0 Å². The minimum Gasteiger partial charge on any atom is -0.344 e. The third-order valence-electron chi connectivity index (χ3n) is 2.80. The minimum absolute atomic E-state index is 0. The summed E-state index contributed by atoms with van der Waals surface area (Å²) in [5.41, 5.74) is 2.65. The first-order valence-corrected chi connectivity index (χ1v) is 6.14. The van der Waals surface area contributed by atoms with Gasteiger partial charge in [0.05, 0.1) is 0 Å². The molecule has 0 saturated heterocycles. The number of amidine groups is 1. The number of halogens is 1. The first-order valence-electron chi connectivity index (χ1n) is 6.14. The van der Waals surface area contributed by atoms with E-state index < -0.39 is 0 Å². The van der Waals surface area contributed by atoms with Crippen molar-refractivity contribution in [3.63, 3.8) is 0 Å². The van der Waals surface area contributed by atoms with Crippen molar-refractivity contribution in [2.75, 3.05) is 11.9 Å². The zero-order valence-electron chi connectivity index (χ0n) is 10.6. The Morgan fingerprint density at radius 2 is 2.00 bits per heavy atom. The van der Waals surface area contributed by atoms with Crippen molar-refractivity contribution in [1.29, 1.82) is 0 Å². The highest BCUT2D eigenvalue weighted by Gasteiger charge is 2.10. The van der Waals surface area contributed by atoms with E-state index in [1.54, 1.807) is 0 Å². The maximum atomic E-state index is 4.65. The van der Waals surface area contributed by atoms with Gasteiger partial charge in [-0.1, -0.05) is 32.0 Å². The van der Waals surface area contributed by atoms with Crippen molar-refractivity contribution in [2.24, 2.45) is 10.9 Å². The van der Waals surface area contributed by atoms with Gasteiger partial charge in [0.15, 0.2) is 0 Å². The zero-order chi connectivity index (χ0) is 11.4. The Morgan fingerprint density at radius 3 is 2.76 bits per heavy atom. The van der Waals surface area contributed by atoms with Gasteiger partial charge in [-0.3, -0.25) is 4.99 Å². The van der Waals surface area contributed by atoms with E-state index in [0.29, 0.717) is 5.92 Å². The van der Waals surface area contributed by atoms with E-state index in [0.717, 1.165) is 25.2 Å². The molecule has 0 unspecified atom stereocenters. The summed E-state index contributed by atoms with van der Waals surface area (Å²) in [4.78, 5) is 4.65. The molecule has 94 valence electrons. The number of anilines is 1. The average molecular weight is 253 g/mol. The molecular weight excluding hydrogens is 232 g/mol. The topological polar surface area (TPSA) is 24.4 Å². The normalized spacial score (nSPS) is 17.0. The Morgan fingerprint density at radius 1 is 1.24 bits per heavy atom. The standard InChI is InChI=1S/C14H20N2.ClH/c1-11(2)10-15-14-9-5-7-12-6-3-4-8-13(12)16-14;/h3-4,6,8,11H,5,7,9-10H2,1-2H3,(H,15,16);1H. The quantitative estimate of drug-likeness (QED) is 0.848.